The van der Waals surface area contributed by atoms with E-state index in [4.69, 9.17) is 12.2 Å². The summed E-state index contributed by atoms with van der Waals surface area (Å²) >= 11 is 5.50. The van der Waals surface area contributed by atoms with Crippen molar-refractivity contribution < 1.29 is 0 Å². The normalized spacial score (nSPS) is 16.1. The van der Waals surface area contributed by atoms with Gasteiger partial charge in [0.15, 0.2) is 5.11 Å². The molecule has 104 valence electrons. The van der Waals surface area contributed by atoms with Gasteiger partial charge in [-0.1, -0.05) is 49.1 Å². The minimum atomic E-state index is 0.585. The molecule has 1 saturated carbocycles. The molecular weight excluding hydrogens is 252 g/mol. The lowest BCUT2D eigenvalue weighted by atomic mass is 9.96. The summed E-state index contributed by atoms with van der Waals surface area (Å²) in [6.07, 6.45) is 6.57. The van der Waals surface area contributed by atoms with Crippen molar-refractivity contribution in [3.63, 3.8) is 0 Å². The number of hydrogen-bond acceptors (Lipinski definition) is 1. The first-order valence-corrected chi connectivity index (χ1v) is 7.63. The maximum atomic E-state index is 5.50. The van der Waals surface area contributed by atoms with Gasteiger partial charge in [0, 0.05) is 19.6 Å². The lowest BCUT2D eigenvalue weighted by Crippen LogP contribution is -2.43. The lowest BCUT2D eigenvalue weighted by molar-refractivity contribution is 0.392. The Morgan fingerprint density at radius 1 is 1.21 bits per heavy atom. The second-order valence-electron chi connectivity index (χ2n) is 5.63. The van der Waals surface area contributed by atoms with Crippen LogP contribution in [-0.4, -0.2) is 23.1 Å². The number of thiocarbonyl (C=S) groups is 1. The molecule has 0 bridgehead atoms. The van der Waals surface area contributed by atoms with Crippen molar-refractivity contribution in [3.05, 3.63) is 35.4 Å². The molecule has 0 amide bonds. The summed E-state index contributed by atoms with van der Waals surface area (Å²) in [6.45, 7) is 2.99. The molecule has 0 saturated heterocycles. The van der Waals surface area contributed by atoms with Crippen LogP contribution >= 0.6 is 12.2 Å². The second kappa shape index (κ2) is 6.90. The fourth-order valence-corrected chi connectivity index (χ4v) is 2.80. The van der Waals surface area contributed by atoms with E-state index in [1.807, 2.05) is 0 Å². The van der Waals surface area contributed by atoms with E-state index in [1.54, 1.807) is 0 Å². The van der Waals surface area contributed by atoms with Crippen LogP contribution in [0.4, 0.5) is 0 Å². The van der Waals surface area contributed by atoms with Crippen molar-refractivity contribution in [2.24, 2.45) is 0 Å². The highest BCUT2D eigenvalue weighted by Crippen LogP contribution is 2.17. The Morgan fingerprint density at radius 2 is 1.84 bits per heavy atom. The summed E-state index contributed by atoms with van der Waals surface area (Å²) < 4.78 is 0. The molecule has 0 heterocycles. The molecular formula is C16H24N2S. The molecule has 0 radical (unpaired) electrons. The Hall–Kier alpha value is -1.09. The van der Waals surface area contributed by atoms with E-state index in [1.165, 1.54) is 43.2 Å². The van der Waals surface area contributed by atoms with E-state index in [9.17, 15) is 0 Å². The summed E-state index contributed by atoms with van der Waals surface area (Å²) in [7, 11) is 2.07. The molecule has 0 aliphatic heterocycles. The average molecular weight is 276 g/mol. The molecule has 1 aliphatic carbocycles. The Bertz CT molecular complexity index is 407. The van der Waals surface area contributed by atoms with E-state index in [0.29, 0.717) is 6.04 Å². The molecule has 2 nitrogen and oxygen atoms in total. The van der Waals surface area contributed by atoms with Gasteiger partial charge in [-0.15, -0.1) is 0 Å². The molecule has 1 aromatic carbocycles. The van der Waals surface area contributed by atoms with Gasteiger partial charge in [0.05, 0.1) is 0 Å². The summed E-state index contributed by atoms with van der Waals surface area (Å²) in [4.78, 5) is 2.13. The van der Waals surface area contributed by atoms with Crippen LogP contribution in [0.1, 0.15) is 43.2 Å². The molecule has 2 rings (SSSR count). The first-order valence-electron chi connectivity index (χ1n) is 7.22. The maximum Gasteiger partial charge on any atom is 0.169 e. The predicted molar refractivity (Wildman–Crippen MR) is 85.3 cm³/mol. The molecule has 1 aromatic rings. The SMILES string of the molecule is Cc1ccc(CN(C)C(=S)NC2CCCCC2)cc1. The Labute approximate surface area is 122 Å². The van der Waals surface area contributed by atoms with Crippen molar-refractivity contribution >= 4 is 17.3 Å². The number of hydrogen-bond donors (Lipinski definition) is 1. The van der Waals surface area contributed by atoms with Gasteiger partial charge in [0.2, 0.25) is 0 Å². The van der Waals surface area contributed by atoms with Crippen molar-refractivity contribution in [1.29, 1.82) is 0 Å². The predicted octanol–water partition coefficient (Wildman–Crippen LogP) is 3.63. The maximum absolute atomic E-state index is 5.50. The van der Waals surface area contributed by atoms with Gasteiger partial charge in [-0.25, -0.2) is 0 Å². The zero-order valence-electron chi connectivity index (χ0n) is 12.0. The first kappa shape index (κ1) is 14.3. The number of nitrogens with zero attached hydrogens (tertiary/aromatic N) is 1. The van der Waals surface area contributed by atoms with E-state index >= 15 is 0 Å². The van der Waals surface area contributed by atoms with E-state index in [0.717, 1.165) is 11.7 Å². The number of nitrogens with one attached hydrogen (secondary N) is 1. The van der Waals surface area contributed by atoms with Crippen molar-refractivity contribution in [2.75, 3.05) is 7.05 Å². The molecule has 19 heavy (non-hydrogen) atoms. The average Bonchev–Trinajstić information content (AvgIpc) is 2.42. The molecule has 0 unspecified atom stereocenters. The summed E-state index contributed by atoms with van der Waals surface area (Å²) in [5.41, 5.74) is 2.61. The summed E-state index contributed by atoms with van der Waals surface area (Å²) in [5, 5.41) is 4.39. The molecule has 0 atom stereocenters. The van der Waals surface area contributed by atoms with Crippen LogP contribution in [0.3, 0.4) is 0 Å². The molecule has 0 aromatic heterocycles. The van der Waals surface area contributed by atoms with Gasteiger partial charge < -0.3 is 10.2 Å². The molecule has 3 heteroatoms. The Kier molecular flexibility index (Phi) is 5.20. The van der Waals surface area contributed by atoms with Crippen LogP contribution in [0.5, 0.6) is 0 Å². The van der Waals surface area contributed by atoms with Crippen LogP contribution in [0, 0.1) is 6.92 Å². The third kappa shape index (κ3) is 4.50. The molecule has 1 fully saturated rings. The van der Waals surface area contributed by atoms with Crippen LogP contribution in [0.2, 0.25) is 0 Å². The first-order chi connectivity index (χ1) is 9.15. The number of benzene rings is 1. The minimum Gasteiger partial charge on any atom is -0.360 e. The Balaban J connectivity index is 1.83. The monoisotopic (exact) mass is 276 g/mol. The quantitative estimate of drug-likeness (QED) is 0.849. The van der Waals surface area contributed by atoms with Gasteiger partial charge in [0.1, 0.15) is 0 Å². The third-order valence-electron chi connectivity index (χ3n) is 3.82. The highest BCUT2D eigenvalue weighted by atomic mass is 32.1. The number of rotatable bonds is 3. The van der Waals surface area contributed by atoms with E-state index < -0.39 is 0 Å². The number of aryl methyl sites for hydroxylation is 1. The van der Waals surface area contributed by atoms with Gasteiger partial charge in [0.25, 0.3) is 0 Å². The van der Waals surface area contributed by atoms with Gasteiger partial charge in [-0.2, -0.15) is 0 Å². The zero-order valence-corrected chi connectivity index (χ0v) is 12.8. The third-order valence-corrected chi connectivity index (χ3v) is 4.25. The highest BCUT2D eigenvalue weighted by Gasteiger charge is 2.15. The fourth-order valence-electron chi connectivity index (χ4n) is 2.57. The lowest BCUT2D eigenvalue weighted by Gasteiger charge is -2.28. The summed E-state index contributed by atoms with van der Waals surface area (Å²) in [6, 6.07) is 9.24. The minimum absolute atomic E-state index is 0.585. The molecule has 0 spiro atoms. The summed E-state index contributed by atoms with van der Waals surface area (Å²) in [5.74, 6) is 0. The van der Waals surface area contributed by atoms with Gasteiger partial charge >= 0.3 is 0 Å². The zero-order chi connectivity index (χ0) is 13.7. The van der Waals surface area contributed by atoms with Crippen LogP contribution < -0.4 is 5.32 Å². The highest BCUT2D eigenvalue weighted by molar-refractivity contribution is 7.80. The topological polar surface area (TPSA) is 15.3 Å². The Morgan fingerprint density at radius 3 is 2.47 bits per heavy atom. The van der Waals surface area contributed by atoms with Crippen LogP contribution in [0.25, 0.3) is 0 Å². The van der Waals surface area contributed by atoms with Crippen molar-refractivity contribution in [1.82, 2.24) is 10.2 Å². The van der Waals surface area contributed by atoms with E-state index in [2.05, 4.69) is 48.5 Å². The van der Waals surface area contributed by atoms with E-state index in [-0.39, 0.29) is 0 Å². The fraction of sp³-hybridized carbons (Fsp3) is 0.562. The van der Waals surface area contributed by atoms with Crippen molar-refractivity contribution in [2.45, 2.75) is 51.6 Å². The van der Waals surface area contributed by atoms with Gasteiger partial charge in [-0.05, 0) is 37.5 Å². The largest absolute Gasteiger partial charge is 0.360 e. The molecule has 1 aliphatic rings. The van der Waals surface area contributed by atoms with Crippen LogP contribution in [-0.2, 0) is 6.54 Å². The van der Waals surface area contributed by atoms with Crippen molar-refractivity contribution in [3.8, 4) is 0 Å². The smallest absolute Gasteiger partial charge is 0.169 e. The van der Waals surface area contributed by atoms with Crippen LogP contribution in [0.15, 0.2) is 24.3 Å². The van der Waals surface area contributed by atoms with Gasteiger partial charge in [-0.3, -0.25) is 0 Å². The standard InChI is InChI=1S/C16H24N2S/c1-13-8-10-14(11-9-13)12-18(2)16(19)17-15-6-4-3-5-7-15/h8-11,15H,3-7,12H2,1-2H3,(H,17,19). The second-order valence-corrected chi connectivity index (χ2v) is 6.01. The molecule has 1 N–H and O–H groups in total.